The third-order valence-electron chi connectivity index (χ3n) is 5.13. The highest BCUT2D eigenvalue weighted by Crippen LogP contribution is 2.27. The monoisotopic (exact) mass is 439 g/mol. The van der Waals surface area contributed by atoms with E-state index >= 15 is 0 Å². The molecule has 0 atom stereocenters. The number of benzene rings is 1. The van der Waals surface area contributed by atoms with Crippen molar-refractivity contribution in [3.63, 3.8) is 0 Å². The van der Waals surface area contributed by atoms with E-state index in [-0.39, 0.29) is 11.4 Å². The summed E-state index contributed by atoms with van der Waals surface area (Å²) >= 11 is 12.4. The molecule has 6 heteroatoms. The zero-order valence-electron chi connectivity index (χ0n) is 18.3. The molecule has 1 saturated carbocycles. The van der Waals surface area contributed by atoms with Crippen molar-refractivity contribution in [1.82, 2.24) is 16.0 Å². The van der Waals surface area contributed by atoms with Gasteiger partial charge < -0.3 is 16.0 Å². The highest BCUT2D eigenvalue weighted by Gasteiger charge is 2.22. The quantitative estimate of drug-likeness (QED) is 0.532. The fourth-order valence-corrected chi connectivity index (χ4v) is 4.31. The Labute approximate surface area is 185 Å². The lowest BCUT2D eigenvalue weighted by molar-refractivity contribution is -0.121. The molecular formula is C23H35Cl2N3O. The summed E-state index contributed by atoms with van der Waals surface area (Å²) < 4.78 is 0. The summed E-state index contributed by atoms with van der Waals surface area (Å²) in [5.41, 5.74) is 3.16. The minimum atomic E-state index is -0.183. The van der Waals surface area contributed by atoms with Crippen LogP contribution in [0.25, 0.3) is 5.70 Å². The van der Waals surface area contributed by atoms with Crippen LogP contribution in [0.1, 0.15) is 65.9 Å². The molecule has 162 valence electrons. The lowest BCUT2D eigenvalue weighted by atomic mass is 9.86. The number of carbonyl (C=O) groups excluding carboxylic acids is 1. The maximum atomic E-state index is 12.0. The molecule has 0 spiro atoms. The molecule has 0 saturated heterocycles. The molecule has 1 fully saturated rings. The van der Waals surface area contributed by atoms with Gasteiger partial charge in [-0.25, -0.2) is 0 Å². The fraction of sp³-hybridized carbons (Fsp3) is 0.609. The van der Waals surface area contributed by atoms with Crippen molar-refractivity contribution in [2.75, 3.05) is 13.1 Å². The number of nitrogens with one attached hydrogen (secondary N) is 3. The second kappa shape index (κ2) is 10.7. The van der Waals surface area contributed by atoms with Crippen molar-refractivity contribution in [3.05, 3.63) is 39.4 Å². The van der Waals surface area contributed by atoms with Crippen LogP contribution in [0.3, 0.4) is 0 Å². The average Bonchev–Trinajstić information content (AvgIpc) is 2.58. The zero-order valence-corrected chi connectivity index (χ0v) is 19.8. The van der Waals surface area contributed by atoms with Crippen molar-refractivity contribution < 1.29 is 4.79 Å². The molecule has 29 heavy (non-hydrogen) atoms. The van der Waals surface area contributed by atoms with Gasteiger partial charge in [-0.05, 0) is 84.4 Å². The van der Waals surface area contributed by atoms with Gasteiger partial charge in [0.1, 0.15) is 0 Å². The fourth-order valence-electron chi connectivity index (χ4n) is 3.78. The van der Waals surface area contributed by atoms with Crippen molar-refractivity contribution in [2.24, 2.45) is 5.92 Å². The molecule has 0 aliphatic heterocycles. The van der Waals surface area contributed by atoms with E-state index in [0.29, 0.717) is 28.5 Å². The first-order valence-corrected chi connectivity index (χ1v) is 11.2. The summed E-state index contributed by atoms with van der Waals surface area (Å²) in [6, 6.07) is 6.08. The molecule has 1 aromatic rings. The van der Waals surface area contributed by atoms with Crippen molar-refractivity contribution >= 4 is 34.8 Å². The molecule has 0 unspecified atom stereocenters. The van der Waals surface area contributed by atoms with Crippen LogP contribution in [0.4, 0.5) is 0 Å². The summed E-state index contributed by atoms with van der Waals surface area (Å²) in [5, 5.41) is 11.3. The molecule has 0 heterocycles. The molecule has 3 N–H and O–H groups in total. The first-order chi connectivity index (χ1) is 13.5. The Morgan fingerprint density at radius 2 is 1.62 bits per heavy atom. The first kappa shape index (κ1) is 24.0. The average molecular weight is 440 g/mol. The van der Waals surface area contributed by atoms with Gasteiger partial charge >= 0.3 is 0 Å². The van der Waals surface area contributed by atoms with Crippen LogP contribution in [0.2, 0.25) is 10.0 Å². The summed E-state index contributed by atoms with van der Waals surface area (Å²) in [7, 11) is 0. The Morgan fingerprint density at radius 1 is 1.03 bits per heavy atom. The van der Waals surface area contributed by atoms with E-state index < -0.39 is 0 Å². The zero-order chi connectivity index (χ0) is 21.6. The minimum Gasteiger partial charge on any atom is -0.384 e. The molecular weight excluding hydrogens is 405 g/mol. The van der Waals surface area contributed by atoms with Gasteiger partial charge in [0, 0.05) is 39.4 Å². The predicted molar refractivity (Wildman–Crippen MR) is 124 cm³/mol. The third kappa shape index (κ3) is 8.57. The first-order valence-electron chi connectivity index (χ1n) is 10.5. The second-order valence-corrected chi connectivity index (χ2v) is 10.2. The minimum absolute atomic E-state index is 0.0645. The van der Waals surface area contributed by atoms with Crippen LogP contribution < -0.4 is 16.0 Å². The molecule has 2 rings (SSSR count). The van der Waals surface area contributed by atoms with Gasteiger partial charge in [0.2, 0.25) is 5.91 Å². The standard InChI is InChI=1S/C23H35Cl2N3O/c1-15(2)22(17-10-18(24)12-19(25)11-17)27-13-16-6-8-20(9-7-16)26-14-21(29)28-23(3,4)5/h10-12,16,20,26-27H,6-9,13-14H2,1-5H3,(H,28,29)/t16-,20-. The lowest BCUT2D eigenvalue weighted by Crippen LogP contribution is -2.47. The van der Waals surface area contributed by atoms with Gasteiger partial charge in [-0.3, -0.25) is 4.79 Å². The van der Waals surface area contributed by atoms with Crippen LogP contribution in [-0.4, -0.2) is 30.6 Å². The smallest absolute Gasteiger partial charge is 0.234 e. The highest BCUT2D eigenvalue weighted by atomic mass is 35.5. The Balaban J connectivity index is 1.80. The van der Waals surface area contributed by atoms with E-state index in [1.807, 2.05) is 32.9 Å². The normalized spacial score (nSPS) is 19.6. The Kier molecular flexibility index (Phi) is 8.87. The number of carbonyl (C=O) groups is 1. The maximum Gasteiger partial charge on any atom is 0.234 e. The van der Waals surface area contributed by atoms with Crippen LogP contribution in [0.15, 0.2) is 23.8 Å². The molecule has 0 bridgehead atoms. The number of allylic oxidation sites excluding steroid dienone is 1. The summed E-state index contributed by atoms with van der Waals surface area (Å²) in [6.45, 7) is 11.5. The van der Waals surface area contributed by atoms with E-state index in [4.69, 9.17) is 23.2 Å². The van der Waals surface area contributed by atoms with E-state index in [0.717, 1.165) is 43.5 Å². The molecule has 1 aliphatic rings. The van der Waals surface area contributed by atoms with Crippen LogP contribution in [0, 0.1) is 5.92 Å². The van der Waals surface area contributed by atoms with Gasteiger partial charge in [0.15, 0.2) is 0 Å². The van der Waals surface area contributed by atoms with Gasteiger partial charge in [-0.2, -0.15) is 0 Å². The van der Waals surface area contributed by atoms with E-state index in [1.165, 1.54) is 5.57 Å². The van der Waals surface area contributed by atoms with Crippen molar-refractivity contribution in [1.29, 1.82) is 0 Å². The predicted octanol–water partition coefficient (Wildman–Crippen LogP) is 5.40. The van der Waals surface area contributed by atoms with E-state index in [2.05, 4.69) is 29.8 Å². The maximum absolute atomic E-state index is 12.0. The Morgan fingerprint density at radius 3 is 2.14 bits per heavy atom. The van der Waals surface area contributed by atoms with Crippen molar-refractivity contribution in [3.8, 4) is 0 Å². The molecule has 1 amide bonds. The van der Waals surface area contributed by atoms with Crippen LogP contribution >= 0.6 is 23.2 Å². The Bertz CT molecular complexity index is 708. The molecule has 0 aromatic heterocycles. The molecule has 4 nitrogen and oxygen atoms in total. The Hall–Kier alpha value is -1.23. The van der Waals surface area contributed by atoms with E-state index in [1.54, 1.807) is 6.07 Å². The molecule has 1 aromatic carbocycles. The van der Waals surface area contributed by atoms with Gasteiger partial charge in [0.05, 0.1) is 6.54 Å². The number of rotatable bonds is 7. The van der Waals surface area contributed by atoms with Crippen LogP contribution in [0.5, 0.6) is 0 Å². The topological polar surface area (TPSA) is 53.2 Å². The third-order valence-corrected chi connectivity index (χ3v) is 5.57. The highest BCUT2D eigenvalue weighted by molar-refractivity contribution is 6.34. The van der Waals surface area contributed by atoms with Crippen LogP contribution in [-0.2, 0) is 4.79 Å². The second-order valence-electron chi connectivity index (χ2n) is 9.31. The van der Waals surface area contributed by atoms with Gasteiger partial charge in [-0.15, -0.1) is 0 Å². The van der Waals surface area contributed by atoms with Gasteiger partial charge in [-0.1, -0.05) is 28.8 Å². The SMILES string of the molecule is CC(C)=C(NC[C@H]1CC[C@H](NCC(=O)NC(C)(C)C)CC1)c1cc(Cl)cc(Cl)c1. The van der Waals surface area contributed by atoms with Gasteiger partial charge in [0.25, 0.3) is 0 Å². The van der Waals surface area contributed by atoms with Crippen molar-refractivity contribution in [2.45, 2.75) is 71.9 Å². The lowest BCUT2D eigenvalue weighted by Gasteiger charge is -2.30. The number of halogens is 2. The number of hydrogen-bond donors (Lipinski definition) is 3. The molecule has 0 radical (unpaired) electrons. The number of hydrogen-bond acceptors (Lipinski definition) is 3. The summed E-state index contributed by atoms with van der Waals surface area (Å²) in [4.78, 5) is 12.0. The summed E-state index contributed by atoms with van der Waals surface area (Å²) in [6.07, 6.45) is 4.50. The number of amides is 1. The molecule has 1 aliphatic carbocycles. The van der Waals surface area contributed by atoms with E-state index in [9.17, 15) is 4.79 Å². The summed E-state index contributed by atoms with van der Waals surface area (Å²) in [5.74, 6) is 0.690. The largest absolute Gasteiger partial charge is 0.384 e.